The van der Waals surface area contributed by atoms with Gasteiger partial charge in [-0.3, -0.25) is 4.90 Å². The molecular formula is C12H22N2OS. The number of nitrogens with zero attached hydrogens (tertiary/aromatic N) is 1. The lowest BCUT2D eigenvalue weighted by molar-refractivity contribution is -0.0879. The largest absolute Gasteiger partial charge is 0.393 e. The fourth-order valence-electron chi connectivity index (χ4n) is 2.91. The Morgan fingerprint density at radius 2 is 2.19 bits per heavy atom. The molecule has 1 heterocycles. The topological polar surface area (TPSA) is 38.5 Å². The lowest BCUT2D eigenvalue weighted by Crippen LogP contribution is -2.52. The molecule has 0 aromatic carbocycles. The summed E-state index contributed by atoms with van der Waals surface area (Å²) in [4.78, 5) is 3.24. The highest BCUT2D eigenvalue weighted by molar-refractivity contribution is 7.80. The van der Waals surface area contributed by atoms with Crippen molar-refractivity contribution in [2.24, 2.45) is 5.73 Å². The van der Waals surface area contributed by atoms with E-state index in [-0.39, 0.29) is 0 Å². The van der Waals surface area contributed by atoms with E-state index in [1.54, 1.807) is 0 Å². The van der Waals surface area contributed by atoms with E-state index in [0.29, 0.717) is 17.1 Å². The maximum Gasteiger partial charge on any atom is 0.0730 e. The lowest BCUT2D eigenvalue weighted by Gasteiger charge is -2.43. The van der Waals surface area contributed by atoms with Gasteiger partial charge >= 0.3 is 0 Å². The van der Waals surface area contributed by atoms with Crippen molar-refractivity contribution in [3.8, 4) is 0 Å². The van der Waals surface area contributed by atoms with Gasteiger partial charge in [-0.2, -0.15) is 0 Å². The fraction of sp³-hybridized carbons (Fsp3) is 0.917. The van der Waals surface area contributed by atoms with E-state index in [1.165, 1.54) is 25.7 Å². The molecule has 3 nitrogen and oxygen atoms in total. The Labute approximate surface area is 103 Å². The van der Waals surface area contributed by atoms with Crippen LogP contribution in [0.4, 0.5) is 0 Å². The molecule has 92 valence electrons. The van der Waals surface area contributed by atoms with Crippen LogP contribution in [-0.2, 0) is 4.74 Å². The zero-order valence-corrected chi connectivity index (χ0v) is 10.7. The quantitative estimate of drug-likeness (QED) is 0.762. The van der Waals surface area contributed by atoms with Crippen LogP contribution in [0.2, 0.25) is 0 Å². The molecule has 1 saturated heterocycles. The standard InChI is InChI=1S/C12H22N2OS/c13-12(16)6-3-7-14-8-9-15-11-5-2-1-4-10(11)14/h10-11H,1-9H2,(H2,13,16). The van der Waals surface area contributed by atoms with E-state index in [0.717, 1.165) is 32.5 Å². The Balaban J connectivity index is 1.80. The predicted octanol–water partition coefficient (Wildman–Crippen LogP) is 1.70. The van der Waals surface area contributed by atoms with E-state index in [9.17, 15) is 0 Å². The molecule has 2 fully saturated rings. The number of hydrogen-bond donors (Lipinski definition) is 1. The Kier molecular flexibility index (Phi) is 4.55. The summed E-state index contributed by atoms with van der Waals surface area (Å²) in [7, 11) is 0. The van der Waals surface area contributed by atoms with E-state index in [1.807, 2.05) is 0 Å². The monoisotopic (exact) mass is 242 g/mol. The SMILES string of the molecule is NC(=S)CCCN1CCOC2CCCCC21. The normalized spacial score (nSPS) is 31.0. The summed E-state index contributed by atoms with van der Waals surface area (Å²) in [6, 6.07) is 0.661. The lowest BCUT2D eigenvalue weighted by atomic mass is 9.90. The van der Waals surface area contributed by atoms with Crippen LogP contribution in [0.5, 0.6) is 0 Å². The molecule has 0 bridgehead atoms. The van der Waals surface area contributed by atoms with Gasteiger partial charge < -0.3 is 10.5 Å². The van der Waals surface area contributed by atoms with Gasteiger partial charge in [0, 0.05) is 12.6 Å². The average molecular weight is 242 g/mol. The first-order valence-corrected chi connectivity index (χ1v) is 6.82. The first kappa shape index (κ1) is 12.3. The highest BCUT2D eigenvalue weighted by Gasteiger charge is 2.33. The molecule has 1 aliphatic carbocycles. The molecule has 0 aromatic heterocycles. The van der Waals surface area contributed by atoms with Crippen molar-refractivity contribution in [3.05, 3.63) is 0 Å². The van der Waals surface area contributed by atoms with Gasteiger partial charge in [0.05, 0.1) is 17.7 Å². The average Bonchev–Trinajstić information content (AvgIpc) is 2.29. The minimum Gasteiger partial charge on any atom is -0.393 e. The zero-order chi connectivity index (χ0) is 11.4. The van der Waals surface area contributed by atoms with Crippen LogP contribution in [0.1, 0.15) is 38.5 Å². The third kappa shape index (κ3) is 3.15. The zero-order valence-electron chi connectivity index (χ0n) is 9.86. The van der Waals surface area contributed by atoms with Crippen molar-refractivity contribution in [1.82, 2.24) is 4.90 Å². The van der Waals surface area contributed by atoms with Crippen LogP contribution in [0, 0.1) is 0 Å². The summed E-state index contributed by atoms with van der Waals surface area (Å²) in [6.45, 7) is 3.11. The second-order valence-electron chi connectivity index (χ2n) is 4.87. The molecule has 1 aliphatic heterocycles. The van der Waals surface area contributed by atoms with Crippen LogP contribution < -0.4 is 5.73 Å². The molecule has 1 saturated carbocycles. The van der Waals surface area contributed by atoms with Gasteiger partial charge in [-0.1, -0.05) is 25.1 Å². The van der Waals surface area contributed by atoms with Gasteiger partial charge in [0.2, 0.25) is 0 Å². The molecule has 2 atom stereocenters. The Morgan fingerprint density at radius 1 is 1.38 bits per heavy atom. The van der Waals surface area contributed by atoms with Crippen LogP contribution in [-0.4, -0.2) is 41.7 Å². The highest BCUT2D eigenvalue weighted by Crippen LogP contribution is 2.28. The molecule has 2 unspecified atom stereocenters. The molecule has 16 heavy (non-hydrogen) atoms. The summed E-state index contributed by atoms with van der Waals surface area (Å²) in [5.41, 5.74) is 5.53. The molecule has 0 amide bonds. The number of thiocarbonyl (C=S) groups is 1. The van der Waals surface area contributed by atoms with Gasteiger partial charge in [-0.15, -0.1) is 0 Å². The molecule has 4 heteroatoms. The van der Waals surface area contributed by atoms with Crippen LogP contribution in [0.15, 0.2) is 0 Å². The Hall–Kier alpha value is -0.190. The summed E-state index contributed by atoms with van der Waals surface area (Å²) in [5.74, 6) is 0. The first-order chi connectivity index (χ1) is 7.77. The van der Waals surface area contributed by atoms with Gasteiger partial charge in [-0.25, -0.2) is 0 Å². The predicted molar refractivity (Wildman–Crippen MR) is 69.6 cm³/mol. The van der Waals surface area contributed by atoms with E-state index in [2.05, 4.69) is 4.90 Å². The Morgan fingerprint density at radius 3 is 3.00 bits per heavy atom. The Bertz CT molecular complexity index is 245. The minimum absolute atomic E-state index is 0.493. The van der Waals surface area contributed by atoms with Crippen molar-refractivity contribution in [3.63, 3.8) is 0 Å². The molecule has 2 aliphatic rings. The fourth-order valence-corrected chi connectivity index (χ4v) is 3.05. The molecule has 0 spiro atoms. The number of nitrogens with two attached hydrogens (primary N) is 1. The van der Waals surface area contributed by atoms with Gasteiger partial charge in [-0.05, 0) is 32.2 Å². The molecule has 2 rings (SSSR count). The van der Waals surface area contributed by atoms with Crippen molar-refractivity contribution in [1.29, 1.82) is 0 Å². The van der Waals surface area contributed by atoms with Gasteiger partial charge in [0.1, 0.15) is 0 Å². The van der Waals surface area contributed by atoms with E-state index >= 15 is 0 Å². The maximum atomic E-state index is 5.85. The smallest absolute Gasteiger partial charge is 0.0730 e. The first-order valence-electron chi connectivity index (χ1n) is 6.41. The third-order valence-electron chi connectivity index (χ3n) is 3.72. The molecule has 0 aromatic rings. The number of ether oxygens (including phenoxy) is 1. The summed E-state index contributed by atoms with van der Waals surface area (Å²) in [6.07, 6.45) is 7.71. The third-order valence-corrected chi connectivity index (χ3v) is 3.92. The van der Waals surface area contributed by atoms with Crippen molar-refractivity contribution < 1.29 is 4.74 Å². The summed E-state index contributed by atoms with van der Waals surface area (Å²) in [5, 5.41) is 0. The number of morpholine rings is 1. The van der Waals surface area contributed by atoms with Crippen LogP contribution >= 0.6 is 12.2 Å². The van der Waals surface area contributed by atoms with E-state index in [4.69, 9.17) is 22.7 Å². The molecular weight excluding hydrogens is 220 g/mol. The minimum atomic E-state index is 0.493. The molecule has 0 radical (unpaired) electrons. The summed E-state index contributed by atoms with van der Waals surface area (Å²) >= 11 is 4.91. The maximum absolute atomic E-state index is 5.85. The van der Waals surface area contributed by atoms with Crippen LogP contribution in [0.3, 0.4) is 0 Å². The second-order valence-corrected chi connectivity index (χ2v) is 5.39. The number of hydrogen-bond acceptors (Lipinski definition) is 3. The number of fused-ring (bicyclic) bond motifs is 1. The summed E-state index contributed by atoms with van der Waals surface area (Å²) < 4.78 is 5.85. The van der Waals surface area contributed by atoms with Crippen molar-refractivity contribution in [2.45, 2.75) is 50.7 Å². The van der Waals surface area contributed by atoms with Gasteiger partial charge in [0.15, 0.2) is 0 Å². The van der Waals surface area contributed by atoms with E-state index < -0.39 is 0 Å². The van der Waals surface area contributed by atoms with Crippen LogP contribution in [0.25, 0.3) is 0 Å². The van der Waals surface area contributed by atoms with Crippen molar-refractivity contribution in [2.75, 3.05) is 19.7 Å². The van der Waals surface area contributed by atoms with Crippen molar-refractivity contribution >= 4 is 17.2 Å². The second kappa shape index (κ2) is 5.94. The van der Waals surface area contributed by atoms with Gasteiger partial charge in [0.25, 0.3) is 0 Å². The highest BCUT2D eigenvalue weighted by atomic mass is 32.1. The number of rotatable bonds is 4. The molecule has 2 N–H and O–H groups in total.